The molecule has 0 fully saturated rings. The lowest BCUT2D eigenvalue weighted by atomic mass is 10.0. The highest BCUT2D eigenvalue weighted by Crippen LogP contribution is 2.10. The maximum atomic E-state index is 12.1. The number of hydrogen-bond donors (Lipinski definition) is 2. The minimum Gasteiger partial charge on any atom is -0.350 e. The molecule has 118 valence electrons. The second-order valence-corrected chi connectivity index (χ2v) is 6.04. The van der Waals surface area contributed by atoms with Crippen molar-refractivity contribution in [3.05, 3.63) is 35.4 Å². The minimum atomic E-state index is 0.0150. The summed E-state index contributed by atoms with van der Waals surface area (Å²) in [7, 11) is 0. The van der Waals surface area contributed by atoms with Crippen LogP contribution in [0.1, 0.15) is 63.4 Å². The van der Waals surface area contributed by atoms with E-state index in [0.717, 1.165) is 24.1 Å². The van der Waals surface area contributed by atoms with Crippen LogP contribution in [0.2, 0.25) is 0 Å². The Kier molecular flexibility index (Phi) is 7.44. The van der Waals surface area contributed by atoms with Crippen molar-refractivity contribution in [2.75, 3.05) is 0 Å². The molecule has 1 aromatic rings. The molecule has 0 aliphatic heterocycles. The highest BCUT2D eigenvalue weighted by atomic mass is 16.1. The van der Waals surface area contributed by atoms with Gasteiger partial charge in [0.1, 0.15) is 0 Å². The van der Waals surface area contributed by atoms with Crippen LogP contribution >= 0.6 is 0 Å². The number of benzene rings is 1. The van der Waals surface area contributed by atoms with Gasteiger partial charge in [0.25, 0.3) is 5.91 Å². The molecule has 0 saturated heterocycles. The van der Waals surface area contributed by atoms with Gasteiger partial charge in [0, 0.05) is 24.2 Å². The molecule has 0 radical (unpaired) electrons. The average molecular weight is 290 g/mol. The van der Waals surface area contributed by atoms with Gasteiger partial charge in [0.15, 0.2) is 0 Å². The third-order valence-electron chi connectivity index (χ3n) is 4.30. The standard InChI is InChI=1S/C18H30N2O/c1-6-13(3)15(5)19-12-16-9-8-10-17(11-16)18(21)20-14(4)7-2/h8-11,13-15,19H,6-7,12H2,1-5H3,(H,20,21)/t13-,14-,15+/m0/s1. The molecule has 2 N–H and O–H groups in total. The molecule has 3 atom stereocenters. The first kappa shape index (κ1) is 17.7. The summed E-state index contributed by atoms with van der Waals surface area (Å²) in [5, 5.41) is 6.54. The van der Waals surface area contributed by atoms with E-state index in [0.29, 0.717) is 12.0 Å². The van der Waals surface area contributed by atoms with E-state index in [1.807, 2.05) is 25.1 Å². The molecule has 0 aliphatic carbocycles. The minimum absolute atomic E-state index is 0.0150. The van der Waals surface area contributed by atoms with E-state index >= 15 is 0 Å². The first-order valence-electron chi connectivity index (χ1n) is 8.11. The Balaban J connectivity index is 2.62. The molecule has 3 nitrogen and oxygen atoms in total. The molecule has 0 bridgehead atoms. The van der Waals surface area contributed by atoms with Crippen molar-refractivity contribution >= 4 is 5.91 Å². The highest BCUT2D eigenvalue weighted by molar-refractivity contribution is 5.94. The molecule has 0 saturated carbocycles. The topological polar surface area (TPSA) is 41.1 Å². The van der Waals surface area contributed by atoms with Crippen molar-refractivity contribution < 1.29 is 4.79 Å². The van der Waals surface area contributed by atoms with Gasteiger partial charge < -0.3 is 10.6 Å². The summed E-state index contributed by atoms with van der Waals surface area (Å²) in [4.78, 5) is 12.1. The van der Waals surface area contributed by atoms with Gasteiger partial charge in [-0.2, -0.15) is 0 Å². The summed E-state index contributed by atoms with van der Waals surface area (Å²) >= 11 is 0. The van der Waals surface area contributed by atoms with Crippen LogP contribution in [0.15, 0.2) is 24.3 Å². The Morgan fingerprint density at radius 1 is 1.14 bits per heavy atom. The highest BCUT2D eigenvalue weighted by Gasteiger charge is 2.11. The zero-order valence-corrected chi connectivity index (χ0v) is 14.1. The average Bonchev–Trinajstić information content (AvgIpc) is 2.51. The summed E-state index contributed by atoms with van der Waals surface area (Å²) in [6.07, 6.45) is 2.12. The lowest BCUT2D eigenvalue weighted by molar-refractivity contribution is 0.0939. The van der Waals surface area contributed by atoms with Gasteiger partial charge >= 0.3 is 0 Å². The van der Waals surface area contributed by atoms with Crippen LogP contribution in [0.25, 0.3) is 0 Å². The summed E-state index contributed by atoms with van der Waals surface area (Å²) in [6, 6.07) is 8.57. The maximum absolute atomic E-state index is 12.1. The van der Waals surface area contributed by atoms with Gasteiger partial charge in [-0.3, -0.25) is 4.79 Å². The molecule has 0 heterocycles. The quantitative estimate of drug-likeness (QED) is 0.766. The van der Waals surface area contributed by atoms with Crippen LogP contribution < -0.4 is 10.6 Å². The Morgan fingerprint density at radius 3 is 2.48 bits per heavy atom. The number of carbonyl (C=O) groups excluding carboxylic acids is 1. The first-order valence-corrected chi connectivity index (χ1v) is 8.11. The monoisotopic (exact) mass is 290 g/mol. The smallest absolute Gasteiger partial charge is 0.251 e. The molecule has 0 aromatic heterocycles. The van der Waals surface area contributed by atoms with Crippen molar-refractivity contribution in [3.8, 4) is 0 Å². The van der Waals surface area contributed by atoms with E-state index in [1.54, 1.807) is 0 Å². The first-order chi connectivity index (χ1) is 9.97. The summed E-state index contributed by atoms with van der Waals surface area (Å²) in [5.74, 6) is 0.669. The number of nitrogens with one attached hydrogen (secondary N) is 2. The Labute approximate surface area is 129 Å². The number of hydrogen-bond acceptors (Lipinski definition) is 2. The fourth-order valence-electron chi connectivity index (χ4n) is 2.07. The van der Waals surface area contributed by atoms with Gasteiger partial charge in [0.05, 0.1) is 0 Å². The van der Waals surface area contributed by atoms with Gasteiger partial charge in [-0.05, 0) is 43.9 Å². The molecular weight excluding hydrogens is 260 g/mol. The normalized spacial score (nSPS) is 15.3. The lowest BCUT2D eigenvalue weighted by Crippen LogP contribution is -2.32. The van der Waals surface area contributed by atoms with E-state index < -0.39 is 0 Å². The second-order valence-electron chi connectivity index (χ2n) is 6.04. The van der Waals surface area contributed by atoms with Crippen molar-refractivity contribution in [1.29, 1.82) is 0 Å². The summed E-state index contributed by atoms with van der Waals surface area (Å²) in [5.41, 5.74) is 1.90. The number of carbonyl (C=O) groups is 1. The van der Waals surface area contributed by atoms with Gasteiger partial charge in [-0.15, -0.1) is 0 Å². The van der Waals surface area contributed by atoms with Crippen LogP contribution in [0.5, 0.6) is 0 Å². The predicted molar refractivity (Wildman–Crippen MR) is 89.4 cm³/mol. The summed E-state index contributed by atoms with van der Waals surface area (Å²) < 4.78 is 0. The summed E-state index contributed by atoms with van der Waals surface area (Å²) in [6.45, 7) is 11.6. The van der Waals surface area contributed by atoms with E-state index in [4.69, 9.17) is 0 Å². The third kappa shape index (κ3) is 5.88. The Hall–Kier alpha value is -1.35. The molecule has 1 aromatic carbocycles. The zero-order chi connectivity index (χ0) is 15.8. The van der Waals surface area contributed by atoms with Crippen molar-refractivity contribution in [2.45, 2.75) is 66.1 Å². The van der Waals surface area contributed by atoms with Crippen molar-refractivity contribution in [1.82, 2.24) is 10.6 Å². The Bertz CT molecular complexity index is 445. The van der Waals surface area contributed by atoms with Gasteiger partial charge in [-0.1, -0.05) is 39.3 Å². The number of amides is 1. The van der Waals surface area contributed by atoms with E-state index in [1.165, 1.54) is 6.42 Å². The molecular formula is C18H30N2O. The van der Waals surface area contributed by atoms with E-state index in [2.05, 4.69) is 44.4 Å². The maximum Gasteiger partial charge on any atom is 0.251 e. The van der Waals surface area contributed by atoms with Crippen LogP contribution in [-0.2, 0) is 6.54 Å². The van der Waals surface area contributed by atoms with Crippen molar-refractivity contribution in [2.24, 2.45) is 5.92 Å². The van der Waals surface area contributed by atoms with Gasteiger partial charge in [0.2, 0.25) is 0 Å². The fraction of sp³-hybridized carbons (Fsp3) is 0.611. The third-order valence-corrected chi connectivity index (χ3v) is 4.30. The van der Waals surface area contributed by atoms with E-state index in [9.17, 15) is 4.79 Å². The van der Waals surface area contributed by atoms with Crippen molar-refractivity contribution in [3.63, 3.8) is 0 Å². The van der Waals surface area contributed by atoms with Crippen LogP contribution in [0.4, 0.5) is 0 Å². The Morgan fingerprint density at radius 2 is 1.86 bits per heavy atom. The van der Waals surface area contributed by atoms with Crippen LogP contribution in [0, 0.1) is 5.92 Å². The SMILES string of the molecule is CC[C@H](C)NC(=O)c1cccc(CN[C@H](C)[C@@H](C)CC)c1. The molecule has 21 heavy (non-hydrogen) atoms. The predicted octanol–water partition coefficient (Wildman–Crippen LogP) is 3.74. The number of rotatable bonds is 8. The van der Waals surface area contributed by atoms with Crippen LogP contribution in [0.3, 0.4) is 0 Å². The molecule has 3 heteroatoms. The molecule has 1 amide bonds. The second kappa shape index (κ2) is 8.83. The molecule has 1 rings (SSSR count). The van der Waals surface area contributed by atoms with Gasteiger partial charge in [-0.25, -0.2) is 0 Å². The zero-order valence-electron chi connectivity index (χ0n) is 14.1. The largest absolute Gasteiger partial charge is 0.350 e. The molecule has 0 spiro atoms. The molecule has 0 unspecified atom stereocenters. The lowest BCUT2D eigenvalue weighted by Gasteiger charge is -2.20. The van der Waals surface area contributed by atoms with Crippen LogP contribution in [-0.4, -0.2) is 18.0 Å². The fourth-order valence-corrected chi connectivity index (χ4v) is 2.07. The molecule has 0 aliphatic rings. The van der Waals surface area contributed by atoms with E-state index in [-0.39, 0.29) is 11.9 Å².